The van der Waals surface area contributed by atoms with Crippen LogP contribution in [0, 0.1) is 6.92 Å². The highest BCUT2D eigenvalue weighted by Gasteiger charge is 2.11. The monoisotopic (exact) mass is 410 g/mol. The predicted molar refractivity (Wildman–Crippen MR) is 130 cm³/mol. The molecule has 3 nitrogen and oxygen atoms in total. The molecule has 1 aromatic rings. The van der Waals surface area contributed by atoms with Gasteiger partial charge in [-0.1, -0.05) is 56.5 Å². The van der Waals surface area contributed by atoms with Gasteiger partial charge in [0.05, 0.1) is 0 Å². The average molecular weight is 411 g/mol. The van der Waals surface area contributed by atoms with Gasteiger partial charge in [0.1, 0.15) is 0 Å². The summed E-state index contributed by atoms with van der Waals surface area (Å²) in [5.74, 6) is 0. The summed E-state index contributed by atoms with van der Waals surface area (Å²) in [4.78, 5) is 15.2. The summed E-state index contributed by atoms with van der Waals surface area (Å²) >= 11 is 1.74. The fourth-order valence-electron chi connectivity index (χ4n) is 3.25. The molecule has 0 unspecified atom stereocenters. The Hall–Kier alpha value is -2.46. The second kappa shape index (κ2) is 12.9. The van der Waals surface area contributed by atoms with Crippen molar-refractivity contribution >= 4 is 29.8 Å². The molecule has 0 aromatic carbocycles. The van der Waals surface area contributed by atoms with Crippen molar-refractivity contribution in [2.75, 3.05) is 0 Å². The molecule has 0 spiro atoms. The van der Waals surface area contributed by atoms with Crippen molar-refractivity contribution in [3.8, 4) is 0 Å². The molecule has 0 radical (unpaired) electrons. The molecule has 1 aromatic heterocycles. The lowest BCUT2D eigenvalue weighted by Gasteiger charge is -2.15. The van der Waals surface area contributed by atoms with Gasteiger partial charge in [-0.25, -0.2) is 0 Å². The zero-order chi connectivity index (χ0) is 21.8. The fourth-order valence-corrected chi connectivity index (χ4v) is 4.12. The summed E-state index contributed by atoms with van der Waals surface area (Å²) < 4.78 is 0. The number of carbonyl (C=O) groups is 1. The summed E-state index contributed by atoms with van der Waals surface area (Å²) in [7, 11) is 0. The molecule has 2 N–H and O–H groups in total. The Bertz CT molecular complexity index is 863. The van der Waals surface area contributed by atoms with Crippen molar-refractivity contribution in [2.45, 2.75) is 54.4 Å². The molecule has 156 valence electrons. The maximum atomic E-state index is 10.7. The Balaban J connectivity index is 3.22. The van der Waals surface area contributed by atoms with Crippen molar-refractivity contribution < 1.29 is 4.79 Å². The van der Waals surface area contributed by atoms with Crippen LogP contribution in [0.1, 0.15) is 64.3 Å². The maximum Gasteiger partial charge on any atom is 0.211 e. The number of carbonyl (C=O) groups excluding carboxylic acids is 1. The van der Waals surface area contributed by atoms with E-state index in [9.17, 15) is 4.79 Å². The number of thioether (sulfide) groups is 1. The van der Waals surface area contributed by atoms with Crippen molar-refractivity contribution in [2.24, 2.45) is 0 Å². The Labute approximate surface area is 180 Å². The van der Waals surface area contributed by atoms with Gasteiger partial charge in [0.25, 0.3) is 0 Å². The van der Waals surface area contributed by atoms with Crippen LogP contribution in [0.4, 0.5) is 0 Å². The molecule has 0 aliphatic rings. The van der Waals surface area contributed by atoms with Gasteiger partial charge in [-0.2, -0.15) is 0 Å². The first-order valence-corrected chi connectivity index (χ1v) is 10.9. The van der Waals surface area contributed by atoms with Crippen LogP contribution in [0.15, 0.2) is 64.2 Å². The smallest absolute Gasteiger partial charge is 0.211 e. The van der Waals surface area contributed by atoms with Gasteiger partial charge in [0, 0.05) is 34.1 Å². The number of amides is 1. The van der Waals surface area contributed by atoms with E-state index in [4.69, 9.17) is 0 Å². The first kappa shape index (κ1) is 24.6. The summed E-state index contributed by atoms with van der Waals surface area (Å²) in [5, 5.41) is 4.90. The highest BCUT2D eigenvalue weighted by molar-refractivity contribution is 8.06. The molecule has 0 atom stereocenters. The molecular weight excluding hydrogens is 376 g/mol. The molecule has 29 heavy (non-hydrogen) atoms. The molecule has 0 saturated carbocycles. The van der Waals surface area contributed by atoms with Crippen LogP contribution in [0.3, 0.4) is 0 Å². The second-order valence-corrected chi connectivity index (χ2v) is 7.58. The summed E-state index contributed by atoms with van der Waals surface area (Å²) in [6.07, 6.45) is 14.4. The Morgan fingerprint density at radius 2 is 2.00 bits per heavy atom. The number of nitrogens with one attached hydrogen (secondary N) is 2. The quantitative estimate of drug-likeness (QED) is 0.297. The normalized spacial score (nSPS) is 14.2. The minimum Gasteiger partial charge on any atom is -0.364 e. The minimum atomic E-state index is 0.715. The molecule has 4 heteroatoms. The lowest BCUT2D eigenvalue weighted by molar-refractivity contribution is -0.108. The standard InChI is InChI=1S/C25H34N2OS/c1-8-12-13-23-20(7)27-15-24(23)18(5)16-29-25(11-4)19(6)22(10-3)21(9-2)14-26-17-28/h8,11-17,27H,1,9-10H2,2-7H3,(H,26,28)/b13-12-,18-16+,21-14-,22-19+,25-11-. The maximum absolute atomic E-state index is 10.7. The van der Waals surface area contributed by atoms with Crippen molar-refractivity contribution in [3.63, 3.8) is 0 Å². The van der Waals surface area contributed by atoms with Crippen molar-refractivity contribution in [3.05, 3.63) is 81.1 Å². The van der Waals surface area contributed by atoms with E-state index in [0.717, 1.165) is 24.1 Å². The van der Waals surface area contributed by atoms with E-state index in [2.05, 4.69) is 82.2 Å². The number of H-pyrrole nitrogens is 1. The van der Waals surface area contributed by atoms with E-state index >= 15 is 0 Å². The van der Waals surface area contributed by atoms with E-state index in [0.29, 0.717) is 6.41 Å². The lowest BCUT2D eigenvalue weighted by atomic mass is 9.96. The van der Waals surface area contributed by atoms with Gasteiger partial charge in [-0.15, -0.1) is 0 Å². The Morgan fingerprint density at radius 3 is 2.55 bits per heavy atom. The van der Waals surface area contributed by atoms with Gasteiger partial charge < -0.3 is 10.3 Å². The van der Waals surface area contributed by atoms with Crippen LogP contribution in [-0.2, 0) is 4.79 Å². The SMILES string of the molecule is C=C/C=C\c1c(/C(C)=C/SC(=C\C)/C(C)=C(CC)/C(=C\NC=O)CC)c[nH]c1C. The molecule has 1 heterocycles. The van der Waals surface area contributed by atoms with Crippen molar-refractivity contribution in [1.82, 2.24) is 10.3 Å². The van der Waals surface area contributed by atoms with Crippen LogP contribution >= 0.6 is 11.8 Å². The van der Waals surface area contributed by atoms with E-state index in [1.54, 1.807) is 17.8 Å². The second-order valence-electron chi connectivity index (χ2n) is 6.67. The molecule has 0 fully saturated rings. The number of allylic oxidation sites excluding steroid dienone is 7. The molecule has 0 aliphatic carbocycles. The van der Waals surface area contributed by atoms with E-state index in [1.165, 1.54) is 32.8 Å². The number of rotatable bonds is 11. The van der Waals surface area contributed by atoms with Gasteiger partial charge in [-0.3, -0.25) is 4.79 Å². The van der Waals surface area contributed by atoms with Gasteiger partial charge in [0.15, 0.2) is 0 Å². The van der Waals surface area contributed by atoms with Crippen LogP contribution in [-0.4, -0.2) is 11.4 Å². The molecule has 0 saturated heterocycles. The highest BCUT2D eigenvalue weighted by atomic mass is 32.2. The van der Waals surface area contributed by atoms with E-state index < -0.39 is 0 Å². The minimum absolute atomic E-state index is 0.715. The van der Waals surface area contributed by atoms with Crippen molar-refractivity contribution in [1.29, 1.82) is 0 Å². The topological polar surface area (TPSA) is 44.9 Å². The Kier molecular flexibility index (Phi) is 10.9. The summed E-state index contributed by atoms with van der Waals surface area (Å²) in [6.45, 7) is 16.5. The third kappa shape index (κ3) is 6.82. The zero-order valence-corrected chi connectivity index (χ0v) is 19.4. The largest absolute Gasteiger partial charge is 0.364 e. The van der Waals surface area contributed by atoms with Gasteiger partial charge in [-0.05, 0) is 68.2 Å². The average Bonchev–Trinajstić information content (AvgIpc) is 3.09. The van der Waals surface area contributed by atoms with E-state index in [-0.39, 0.29) is 0 Å². The van der Waals surface area contributed by atoms with Crippen LogP contribution in [0.25, 0.3) is 11.6 Å². The summed E-state index contributed by atoms with van der Waals surface area (Å²) in [6, 6.07) is 0. The predicted octanol–water partition coefficient (Wildman–Crippen LogP) is 7.29. The third-order valence-corrected chi connectivity index (χ3v) is 6.11. The number of hydrogen-bond acceptors (Lipinski definition) is 2. The van der Waals surface area contributed by atoms with Crippen LogP contribution in [0.5, 0.6) is 0 Å². The molecule has 1 amide bonds. The third-order valence-electron chi connectivity index (χ3n) is 4.85. The van der Waals surface area contributed by atoms with Crippen LogP contribution in [0.2, 0.25) is 0 Å². The molecule has 0 aliphatic heterocycles. The lowest BCUT2D eigenvalue weighted by Crippen LogP contribution is -2.04. The zero-order valence-electron chi connectivity index (χ0n) is 18.6. The van der Waals surface area contributed by atoms with Gasteiger partial charge >= 0.3 is 0 Å². The van der Waals surface area contributed by atoms with E-state index in [1.807, 2.05) is 12.3 Å². The molecular formula is C25H34N2OS. The number of aromatic nitrogens is 1. The first-order valence-electron chi connectivity index (χ1n) is 10.0. The molecule has 0 bridgehead atoms. The number of hydrogen-bond donors (Lipinski definition) is 2. The van der Waals surface area contributed by atoms with Gasteiger partial charge in [0.2, 0.25) is 6.41 Å². The van der Waals surface area contributed by atoms with Crippen LogP contribution < -0.4 is 5.32 Å². The summed E-state index contributed by atoms with van der Waals surface area (Å²) in [5.41, 5.74) is 8.44. The first-order chi connectivity index (χ1) is 13.9. The number of aryl methyl sites for hydroxylation is 1. The highest BCUT2D eigenvalue weighted by Crippen LogP contribution is 2.34. The molecule has 1 rings (SSSR count). The number of aromatic amines is 1. The Morgan fingerprint density at radius 1 is 1.28 bits per heavy atom. The fraction of sp³-hybridized carbons (Fsp3) is 0.320.